The molecule has 1 heteroatoms. The van der Waals surface area contributed by atoms with Gasteiger partial charge in [0.25, 0.3) is 0 Å². The van der Waals surface area contributed by atoms with Crippen molar-refractivity contribution in [1.82, 2.24) is 0 Å². The summed E-state index contributed by atoms with van der Waals surface area (Å²) >= 11 is 0. The molecule has 0 radical (unpaired) electrons. The molecule has 0 spiro atoms. The molecule has 0 saturated heterocycles. The Balaban J connectivity index is 1.68. The van der Waals surface area contributed by atoms with Gasteiger partial charge in [-0.05, 0) is 71.7 Å². The van der Waals surface area contributed by atoms with Crippen LogP contribution in [-0.4, -0.2) is 0 Å². The molecule has 4 rings (SSSR count). The summed E-state index contributed by atoms with van der Waals surface area (Å²) in [5, 5.41) is 2.62. The highest BCUT2D eigenvalue weighted by Gasteiger charge is 2.20. The van der Waals surface area contributed by atoms with Gasteiger partial charge in [0.1, 0.15) is 5.82 Å². The Morgan fingerprint density at radius 3 is 2.59 bits per heavy atom. The van der Waals surface area contributed by atoms with Crippen molar-refractivity contribution in [2.24, 2.45) is 0 Å². The molecule has 1 atom stereocenters. The van der Waals surface area contributed by atoms with Crippen LogP contribution in [0.3, 0.4) is 0 Å². The van der Waals surface area contributed by atoms with Crippen molar-refractivity contribution >= 4 is 10.8 Å². The lowest BCUT2D eigenvalue weighted by molar-refractivity contribution is 0.573. The van der Waals surface area contributed by atoms with Crippen LogP contribution in [-0.2, 0) is 12.8 Å². The minimum absolute atomic E-state index is 0.113. The standard InChI is InChI=1S/C21H19F/c1-14-2-3-16-11-17(5-4-15(16)10-14)18-6-7-20-13-21(22)9-8-19(20)12-18/h2-5,8-11,13,18H,6-7,12H2,1H3. The van der Waals surface area contributed by atoms with Crippen molar-refractivity contribution in [2.45, 2.75) is 32.1 Å². The normalized spacial score (nSPS) is 17.5. The highest BCUT2D eigenvalue weighted by Crippen LogP contribution is 2.34. The second-order valence-electron chi connectivity index (χ2n) is 6.46. The minimum atomic E-state index is -0.113. The van der Waals surface area contributed by atoms with Gasteiger partial charge in [0.05, 0.1) is 0 Å². The molecule has 0 saturated carbocycles. The van der Waals surface area contributed by atoms with E-state index in [2.05, 4.69) is 43.3 Å². The zero-order valence-electron chi connectivity index (χ0n) is 12.8. The minimum Gasteiger partial charge on any atom is -0.207 e. The van der Waals surface area contributed by atoms with E-state index in [1.165, 1.54) is 33.0 Å². The topological polar surface area (TPSA) is 0 Å². The van der Waals surface area contributed by atoms with Crippen molar-refractivity contribution in [3.05, 3.63) is 82.7 Å². The Morgan fingerprint density at radius 1 is 0.864 bits per heavy atom. The maximum Gasteiger partial charge on any atom is 0.123 e. The molecular weight excluding hydrogens is 271 g/mol. The van der Waals surface area contributed by atoms with E-state index in [0.717, 1.165) is 19.3 Å². The second kappa shape index (κ2) is 5.24. The first kappa shape index (κ1) is 13.5. The number of aryl methyl sites for hydroxylation is 2. The van der Waals surface area contributed by atoms with Gasteiger partial charge in [-0.2, -0.15) is 0 Å². The molecular formula is C21H19F. The van der Waals surface area contributed by atoms with Crippen molar-refractivity contribution in [3.8, 4) is 0 Å². The zero-order chi connectivity index (χ0) is 15.1. The molecule has 1 aliphatic rings. The Hall–Kier alpha value is -2.15. The highest BCUT2D eigenvalue weighted by atomic mass is 19.1. The Labute approximate surface area is 130 Å². The predicted molar refractivity (Wildman–Crippen MR) is 89.9 cm³/mol. The van der Waals surface area contributed by atoms with Gasteiger partial charge in [-0.3, -0.25) is 0 Å². The Kier molecular flexibility index (Phi) is 3.22. The number of halogens is 1. The van der Waals surface area contributed by atoms with Crippen molar-refractivity contribution < 1.29 is 4.39 Å². The van der Waals surface area contributed by atoms with Gasteiger partial charge in [0.2, 0.25) is 0 Å². The third-order valence-corrected chi connectivity index (χ3v) is 4.89. The average Bonchev–Trinajstić information content (AvgIpc) is 2.54. The molecule has 0 amide bonds. The van der Waals surface area contributed by atoms with Crippen LogP contribution >= 0.6 is 0 Å². The van der Waals surface area contributed by atoms with Crippen LogP contribution in [0.1, 0.15) is 34.6 Å². The lowest BCUT2D eigenvalue weighted by atomic mass is 9.80. The fraction of sp³-hybridized carbons (Fsp3) is 0.238. The smallest absolute Gasteiger partial charge is 0.123 e. The number of benzene rings is 3. The predicted octanol–water partition coefficient (Wildman–Crippen LogP) is 5.56. The third-order valence-electron chi connectivity index (χ3n) is 4.89. The van der Waals surface area contributed by atoms with Gasteiger partial charge >= 0.3 is 0 Å². The van der Waals surface area contributed by atoms with Crippen LogP contribution in [0.5, 0.6) is 0 Å². The van der Waals surface area contributed by atoms with E-state index in [9.17, 15) is 4.39 Å². The molecule has 0 fully saturated rings. The van der Waals surface area contributed by atoms with Gasteiger partial charge in [-0.15, -0.1) is 0 Å². The van der Waals surface area contributed by atoms with E-state index >= 15 is 0 Å². The van der Waals surface area contributed by atoms with Crippen LogP contribution in [0.4, 0.5) is 4.39 Å². The van der Waals surface area contributed by atoms with E-state index in [4.69, 9.17) is 0 Å². The van der Waals surface area contributed by atoms with Gasteiger partial charge in [-0.25, -0.2) is 4.39 Å². The van der Waals surface area contributed by atoms with Crippen LogP contribution in [0.2, 0.25) is 0 Å². The van der Waals surface area contributed by atoms with Crippen LogP contribution < -0.4 is 0 Å². The molecule has 3 aromatic rings. The maximum atomic E-state index is 13.3. The lowest BCUT2D eigenvalue weighted by Gasteiger charge is -2.25. The van der Waals surface area contributed by atoms with Gasteiger partial charge < -0.3 is 0 Å². The number of fused-ring (bicyclic) bond motifs is 2. The molecule has 0 heterocycles. The molecule has 1 aliphatic carbocycles. The summed E-state index contributed by atoms with van der Waals surface area (Å²) in [7, 11) is 0. The summed E-state index contributed by atoms with van der Waals surface area (Å²) in [6, 6.07) is 18.7. The third kappa shape index (κ3) is 2.41. The first-order chi connectivity index (χ1) is 10.7. The average molecular weight is 290 g/mol. The molecule has 0 aromatic heterocycles. The van der Waals surface area contributed by atoms with Gasteiger partial charge in [0, 0.05) is 0 Å². The number of hydrogen-bond donors (Lipinski definition) is 0. The number of hydrogen-bond acceptors (Lipinski definition) is 0. The van der Waals surface area contributed by atoms with Crippen molar-refractivity contribution in [1.29, 1.82) is 0 Å². The molecule has 0 aliphatic heterocycles. The first-order valence-corrected chi connectivity index (χ1v) is 7.97. The quantitative estimate of drug-likeness (QED) is 0.550. The lowest BCUT2D eigenvalue weighted by Crippen LogP contribution is -2.13. The van der Waals surface area contributed by atoms with E-state index in [-0.39, 0.29) is 5.82 Å². The summed E-state index contributed by atoms with van der Waals surface area (Å²) in [5.74, 6) is 0.432. The van der Waals surface area contributed by atoms with E-state index in [1.54, 1.807) is 12.1 Å². The molecule has 110 valence electrons. The summed E-state index contributed by atoms with van der Waals surface area (Å²) in [4.78, 5) is 0. The summed E-state index contributed by atoms with van der Waals surface area (Å²) in [5.41, 5.74) is 5.20. The fourth-order valence-corrected chi connectivity index (χ4v) is 3.65. The molecule has 0 N–H and O–H groups in total. The summed E-state index contributed by atoms with van der Waals surface area (Å²) < 4.78 is 13.3. The van der Waals surface area contributed by atoms with Gasteiger partial charge in [0.15, 0.2) is 0 Å². The Morgan fingerprint density at radius 2 is 1.68 bits per heavy atom. The maximum absolute atomic E-state index is 13.3. The van der Waals surface area contributed by atoms with Crippen LogP contribution in [0, 0.1) is 12.7 Å². The first-order valence-electron chi connectivity index (χ1n) is 7.97. The second-order valence-corrected chi connectivity index (χ2v) is 6.46. The van der Waals surface area contributed by atoms with E-state index in [0.29, 0.717) is 5.92 Å². The monoisotopic (exact) mass is 290 g/mol. The number of rotatable bonds is 1. The van der Waals surface area contributed by atoms with E-state index in [1.807, 2.05) is 6.07 Å². The SMILES string of the molecule is Cc1ccc2cc(C3CCc4cc(F)ccc4C3)ccc2c1. The van der Waals surface area contributed by atoms with Crippen molar-refractivity contribution in [2.75, 3.05) is 0 Å². The summed E-state index contributed by atoms with van der Waals surface area (Å²) in [6.45, 7) is 2.13. The molecule has 1 unspecified atom stereocenters. The summed E-state index contributed by atoms with van der Waals surface area (Å²) in [6.07, 6.45) is 3.10. The fourth-order valence-electron chi connectivity index (χ4n) is 3.65. The molecule has 0 nitrogen and oxygen atoms in total. The van der Waals surface area contributed by atoms with Crippen LogP contribution in [0.15, 0.2) is 54.6 Å². The highest BCUT2D eigenvalue weighted by molar-refractivity contribution is 5.83. The van der Waals surface area contributed by atoms with Crippen molar-refractivity contribution in [3.63, 3.8) is 0 Å². The molecule has 22 heavy (non-hydrogen) atoms. The van der Waals surface area contributed by atoms with Gasteiger partial charge in [-0.1, -0.05) is 48.0 Å². The van der Waals surface area contributed by atoms with Crippen LogP contribution in [0.25, 0.3) is 10.8 Å². The Bertz CT molecular complexity index is 848. The van der Waals surface area contributed by atoms with E-state index < -0.39 is 0 Å². The zero-order valence-corrected chi connectivity index (χ0v) is 12.8. The molecule has 3 aromatic carbocycles. The largest absolute Gasteiger partial charge is 0.207 e. The molecule has 0 bridgehead atoms.